The third-order valence-corrected chi connectivity index (χ3v) is 3.64. The Morgan fingerprint density at radius 3 is 2.72 bits per heavy atom. The Morgan fingerprint density at radius 2 is 2.17 bits per heavy atom. The smallest absolute Gasteiger partial charge is 0.230 e. The highest BCUT2D eigenvalue weighted by Crippen LogP contribution is 2.29. The number of hydrogen-bond acceptors (Lipinski definition) is 3. The van der Waals surface area contributed by atoms with Crippen LogP contribution in [0.25, 0.3) is 0 Å². The van der Waals surface area contributed by atoms with Gasteiger partial charge in [0.2, 0.25) is 5.91 Å². The van der Waals surface area contributed by atoms with Gasteiger partial charge in [0.1, 0.15) is 0 Å². The molecule has 18 heavy (non-hydrogen) atoms. The number of amides is 1. The minimum absolute atomic E-state index is 0.104. The molecular formula is C13H22N4O. The fourth-order valence-corrected chi connectivity index (χ4v) is 2.17. The Kier molecular flexibility index (Phi) is 3.71. The molecule has 5 heteroatoms. The van der Waals surface area contributed by atoms with Crippen molar-refractivity contribution in [2.45, 2.75) is 39.7 Å². The SMILES string of the molecule is CC(C)n1cc(NC(=O)C2(C)CCNCC2)cn1. The summed E-state index contributed by atoms with van der Waals surface area (Å²) in [4.78, 5) is 12.3. The van der Waals surface area contributed by atoms with Gasteiger partial charge in [0.25, 0.3) is 0 Å². The second kappa shape index (κ2) is 5.10. The van der Waals surface area contributed by atoms with Crippen molar-refractivity contribution in [3.63, 3.8) is 0 Å². The van der Waals surface area contributed by atoms with Crippen LogP contribution in [-0.2, 0) is 4.79 Å². The molecule has 1 aliphatic heterocycles. The summed E-state index contributed by atoms with van der Waals surface area (Å²) in [5, 5.41) is 10.5. The van der Waals surface area contributed by atoms with Crippen LogP contribution in [0.3, 0.4) is 0 Å². The van der Waals surface area contributed by atoms with E-state index in [1.54, 1.807) is 6.20 Å². The molecule has 1 aromatic heterocycles. The fraction of sp³-hybridized carbons (Fsp3) is 0.692. The molecule has 1 aromatic rings. The van der Waals surface area contributed by atoms with E-state index in [1.807, 2.05) is 17.8 Å². The Labute approximate surface area is 108 Å². The molecular weight excluding hydrogens is 228 g/mol. The minimum Gasteiger partial charge on any atom is -0.323 e. The van der Waals surface area contributed by atoms with Gasteiger partial charge < -0.3 is 10.6 Å². The molecule has 1 aliphatic rings. The fourth-order valence-electron chi connectivity index (χ4n) is 2.17. The van der Waals surface area contributed by atoms with E-state index < -0.39 is 0 Å². The van der Waals surface area contributed by atoms with Crippen LogP contribution in [-0.4, -0.2) is 28.8 Å². The van der Waals surface area contributed by atoms with Crippen molar-refractivity contribution in [1.82, 2.24) is 15.1 Å². The lowest BCUT2D eigenvalue weighted by molar-refractivity contribution is -0.126. The molecule has 1 fully saturated rings. The predicted octanol–water partition coefficient (Wildman–Crippen LogP) is 1.79. The Balaban J connectivity index is 2.01. The third-order valence-electron chi connectivity index (χ3n) is 3.64. The maximum absolute atomic E-state index is 12.3. The standard InChI is InChI=1S/C13H22N4O/c1-10(2)17-9-11(8-15-17)16-12(18)13(3)4-6-14-7-5-13/h8-10,14H,4-7H2,1-3H3,(H,16,18). The van der Waals surface area contributed by atoms with Crippen LogP contribution in [0.2, 0.25) is 0 Å². The normalized spacial score (nSPS) is 18.9. The van der Waals surface area contributed by atoms with Crippen molar-refractivity contribution < 1.29 is 4.79 Å². The second-order valence-electron chi connectivity index (χ2n) is 5.57. The first-order valence-corrected chi connectivity index (χ1v) is 6.57. The number of rotatable bonds is 3. The van der Waals surface area contributed by atoms with E-state index in [0.717, 1.165) is 31.6 Å². The van der Waals surface area contributed by atoms with E-state index in [-0.39, 0.29) is 11.3 Å². The van der Waals surface area contributed by atoms with Crippen molar-refractivity contribution in [1.29, 1.82) is 0 Å². The number of carbonyl (C=O) groups excluding carboxylic acids is 1. The largest absolute Gasteiger partial charge is 0.323 e. The van der Waals surface area contributed by atoms with Crippen molar-refractivity contribution >= 4 is 11.6 Å². The van der Waals surface area contributed by atoms with E-state index in [2.05, 4.69) is 29.6 Å². The van der Waals surface area contributed by atoms with Gasteiger partial charge in [0.05, 0.1) is 11.9 Å². The number of hydrogen-bond donors (Lipinski definition) is 2. The quantitative estimate of drug-likeness (QED) is 0.860. The Morgan fingerprint density at radius 1 is 1.50 bits per heavy atom. The van der Waals surface area contributed by atoms with E-state index in [1.165, 1.54) is 0 Å². The molecule has 0 unspecified atom stereocenters. The van der Waals surface area contributed by atoms with Gasteiger partial charge in [-0.3, -0.25) is 9.48 Å². The van der Waals surface area contributed by atoms with Crippen molar-refractivity contribution in [3.05, 3.63) is 12.4 Å². The molecule has 0 atom stereocenters. The van der Waals surface area contributed by atoms with Crippen LogP contribution < -0.4 is 10.6 Å². The van der Waals surface area contributed by atoms with Gasteiger partial charge in [-0.2, -0.15) is 5.10 Å². The van der Waals surface area contributed by atoms with Crippen LogP contribution in [0.4, 0.5) is 5.69 Å². The van der Waals surface area contributed by atoms with Crippen LogP contribution in [0.1, 0.15) is 39.7 Å². The highest BCUT2D eigenvalue weighted by molar-refractivity contribution is 5.94. The molecule has 2 heterocycles. The maximum atomic E-state index is 12.3. The summed E-state index contributed by atoms with van der Waals surface area (Å²) in [7, 11) is 0. The molecule has 2 rings (SSSR count). The number of aromatic nitrogens is 2. The number of nitrogens with zero attached hydrogens (tertiary/aromatic N) is 2. The van der Waals surface area contributed by atoms with Crippen LogP contribution in [0.5, 0.6) is 0 Å². The molecule has 0 spiro atoms. The van der Waals surface area contributed by atoms with E-state index in [9.17, 15) is 4.79 Å². The van der Waals surface area contributed by atoms with Gasteiger partial charge in [-0.05, 0) is 39.8 Å². The summed E-state index contributed by atoms with van der Waals surface area (Å²) in [6.07, 6.45) is 5.36. The lowest BCUT2D eigenvalue weighted by Gasteiger charge is -2.32. The number of nitrogens with one attached hydrogen (secondary N) is 2. The lowest BCUT2D eigenvalue weighted by atomic mass is 9.80. The van der Waals surface area contributed by atoms with Crippen LogP contribution >= 0.6 is 0 Å². The van der Waals surface area contributed by atoms with Crippen molar-refractivity contribution in [2.75, 3.05) is 18.4 Å². The average Bonchev–Trinajstić information content (AvgIpc) is 2.78. The molecule has 0 aromatic carbocycles. The zero-order chi connectivity index (χ0) is 13.2. The summed E-state index contributed by atoms with van der Waals surface area (Å²) in [6, 6.07) is 0.310. The lowest BCUT2D eigenvalue weighted by Crippen LogP contribution is -2.42. The number of piperidine rings is 1. The molecule has 2 N–H and O–H groups in total. The average molecular weight is 250 g/mol. The van der Waals surface area contributed by atoms with Crippen molar-refractivity contribution in [3.8, 4) is 0 Å². The Hall–Kier alpha value is -1.36. The first-order chi connectivity index (χ1) is 8.51. The molecule has 1 saturated heterocycles. The Bertz CT molecular complexity index is 418. The first kappa shape index (κ1) is 13.1. The molecule has 0 radical (unpaired) electrons. The molecule has 0 bridgehead atoms. The van der Waals surface area contributed by atoms with Gasteiger partial charge >= 0.3 is 0 Å². The van der Waals surface area contributed by atoms with Gasteiger partial charge in [-0.25, -0.2) is 0 Å². The van der Waals surface area contributed by atoms with Crippen LogP contribution in [0.15, 0.2) is 12.4 Å². The van der Waals surface area contributed by atoms with E-state index in [4.69, 9.17) is 0 Å². The zero-order valence-corrected chi connectivity index (χ0v) is 11.4. The van der Waals surface area contributed by atoms with Gasteiger partial charge in [0, 0.05) is 17.7 Å². The van der Waals surface area contributed by atoms with Gasteiger partial charge in [-0.1, -0.05) is 6.92 Å². The third kappa shape index (κ3) is 2.72. The monoisotopic (exact) mass is 250 g/mol. The summed E-state index contributed by atoms with van der Waals surface area (Å²) < 4.78 is 1.85. The zero-order valence-electron chi connectivity index (χ0n) is 11.4. The van der Waals surface area contributed by atoms with E-state index >= 15 is 0 Å². The number of carbonyl (C=O) groups is 1. The first-order valence-electron chi connectivity index (χ1n) is 6.57. The van der Waals surface area contributed by atoms with Crippen molar-refractivity contribution in [2.24, 2.45) is 5.41 Å². The van der Waals surface area contributed by atoms with E-state index in [0.29, 0.717) is 6.04 Å². The highest BCUT2D eigenvalue weighted by atomic mass is 16.2. The highest BCUT2D eigenvalue weighted by Gasteiger charge is 2.34. The summed E-state index contributed by atoms with van der Waals surface area (Å²) in [5.74, 6) is 0.104. The molecule has 0 saturated carbocycles. The summed E-state index contributed by atoms with van der Waals surface area (Å²) in [6.45, 7) is 7.99. The topological polar surface area (TPSA) is 59.0 Å². The molecule has 100 valence electrons. The molecule has 5 nitrogen and oxygen atoms in total. The minimum atomic E-state index is -0.259. The molecule has 1 amide bonds. The van der Waals surface area contributed by atoms with Gasteiger partial charge in [0.15, 0.2) is 0 Å². The maximum Gasteiger partial charge on any atom is 0.230 e. The summed E-state index contributed by atoms with van der Waals surface area (Å²) in [5.41, 5.74) is 0.527. The predicted molar refractivity (Wildman–Crippen MR) is 71.5 cm³/mol. The van der Waals surface area contributed by atoms with Crippen LogP contribution in [0, 0.1) is 5.41 Å². The number of anilines is 1. The molecule has 0 aliphatic carbocycles. The second-order valence-corrected chi connectivity index (χ2v) is 5.57. The summed E-state index contributed by atoms with van der Waals surface area (Å²) >= 11 is 0. The van der Waals surface area contributed by atoms with Gasteiger partial charge in [-0.15, -0.1) is 0 Å².